The molecule has 1 heterocycles. The highest BCUT2D eigenvalue weighted by Crippen LogP contribution is 2.13. The summed E-state index contributed by atoms with van der Waals surface area (Å²) in [5.41, 5.74) is 0.999. The summed E-state index contributed by atoms with van der Waals surface area (Å²) in [5, 5.41) is 19.7. The molecule has 2 atom stereocenters. The molecule has 1 aromatic rings. The summed E-state index contributed by atoms with van der Waals surface area (Å²) in [7, 11) is -3.70. The third-order valence-corrected chi connectivity index (χ3v) is 6.81. The summed E-state index contributed by atoms with van der Waals surface area (Å²) < 4.78 is 26.9. The molecular weight excluding hydrogens is 432 g/mol. The van der Waals surface area contributed by atoms with E-state index in [2.05, 4.69) is 19.4 Å². The number of aliphatic hydroxyl groups excluding tert-OH is 2. The van der Waals surface area contributed by atoms with Crippen molar-refractivity contribution >= 4 is 15.8 Å². The van der Waals surface area contributed by atoms with E-state index in [9.17, 15) is 23.4 Å². The predicted molar refractivity (Wildman–Crippen MR) is 124 cm³/mol. The Hall–Kier alpha value is -1.40. The number of hydrogen-bond donors (Lipinski definition) is 3. The number of nitrogens with one attached hydrogen (secondary N) is 1. The maximum Gasteiger partial charge on any atom is 0.240 e. The molecule has 3 N–H and O–H groups in total. The molecule has 1 aliphatic rings. The van der Waals surface area contributed by atoms with Crippen molar-refractivity contribution in [2.45, 2.75) is 44.4 Å². The number of benzene rings is 1. The van der Waals surface area contributed by atoms with Gasteiger partial charge in [-0.15, -0.1) is 0 Å². The van der Waals surface area contributed by atoms with Crippen molar-refractivity contribution in [3.05, 3.63) is 29.8 Å². The normalized spacial score (nSPS) is 19.7. The summed E-state index contributed by atoms with van der Waals surface area (Å²) in [4.78, 5) is 18.0. The SMILES string of the molecule is CC(=O)CNS(=O)(=O)c1ccc(CN2CCN(C[C@H](C)O)CCN(C[C@H](C)O)CC2)cc1. The third-order valence-electron chi connectivity index (χ3n) is 5.39. The maximum absolute atomic E-state index is 12.3. The minimum atomic E-state index is -3.70. The van der Waals surface area contributed by atoms with E-state index in [0.29, 0.717) is 19.6 Å². The van der Waals surface area contributed by atoms with Crippen LogP contribution in [0.2, 0.25) is 0 Å². The van der Waals surface area contributed by atoms with Crippen LogP contribution in [0.1, 0.15) is 26.3 Å². The summed E-state index contributed by atoms with van der Waals surface area (Å²) in [6.45, 7) is 11.6. The zero-order valence-electron chi connectivity index (χ0n) is 19.4. The van der Waals surface area contributed by atoms with Crippen molar-refractivity contribution in [3.63, 3.8) is 0 Å². The Morgan fingerprint density at radius 2 is 1.34 bits per heavy atom. The highest BCUT2D eigenvalue weighted by molar-refractivity contribution is 7.89. The van der Waals surface area contributed by atoms with E-state index in [1.54, 1.807) is 38.1 Å². The first-order valence-electron chi connectivity index (χ1n) is 11.2. The van der Waals surface area contributed by atoms with Gasteiger partial charge in [0.25, 0.3) is 0 Å². The fourth-order valence-electron chi connectivity index (χ4n) is 3.77. The van der Waals surface area contributed by atoms with E-state index in [1.807, 2.05) is 0 Å². The molecule has 2 rings (SSSR count). The Labute approximate surface area is 192 Å². The second-order valence-corrected chi connectivity index (χ2v) is 10.5. The summed E-state index contributed by atoms with van der Waals surface area (Å²) in [6, 6.07) is 6.73. The van der Waals surface area contributed by atoms with Crippen molar-refractivity contribution < 1.29 is 23.4 Å². The fraction of sp³-hybridized carbons (Fsp3) is 0.682. The van der Waals surface area contributed by atoms with Crippen LogP contribution in [0.4, 0.5) is 0 Å². The van der Waals surface area contributed by atoms with Gasteiger partial charge in [-0.05, 0) is 38.5 Å². The molecule has 1 saturated heterocycles. The topological polar surface area (TPSA) is 113 Å². The molecule has 0 radical (unpaired) electrons. The Kier molecular flexibility index (Phi) is 10.7. The van der Waals surface area contributed by atoms with Crippen LogP contribution < -0.4 is 4.72 Å². The molecule has 1 fully saturated rings. The minimum absolute atomic E-state index is 0.137. The molecule has 32 heavy (non-hydrogen) atoms. The first-order valence-corrected chi connectivity index (χ1v) is 12.6. The van der Waals surface area contributed by atoms with Gasteiger partial charge in [0.15, 0.2) is 0 Å². The molecule has 0 saturated carbocycles. The molecule has 182 valence electrons. The number of aliphatic hydroxyl groups is 2. The number of nitrogens with zero attached hydrogens (tertiary/aromatic N) is 3. The van der Waals surface area contributed by atoms with Crippen LogP contribution >= 0.6 is 0 Å². The molecule has 1 aromatic carbocycles. The van der Waals surface area contributed by atoms with E-state index in [0.717, 1.165) is 44.8 Å². The van der Waals surface area contributed by atoms with Gasteiger partial charge in [-0.1, -0.05) is 12.1 Å². The van der Waals surface area contributed by atoms with E-state index in [-0.39, 0.29) is 17.2 Å². The van der Waals surface area contributed by atoms with Crippen molar-refractivity contribution in [1.82, 2.24) is 19.4 Å². The molecule has 0 aliphatic carbocycles. The lowest BCUT2D eigenvalue weighted by Gasteiger charge is -2.27. The molecule has 0 amide bonds. The molecule has 0 bridgehead atoms. The number of Topliss-reactive ketones (excluding diaryl/α,β-unsaturated/α-hetero) is 1. The van der Waals surface area contributed by atoms with E-state index >= 15 is 0 Å². The molecule has 0 aromatic heterocycles. The second kappa shape index (κ2) is 12.7. The average Bonchev–Trinajstić information content (AvgIpc) is 2.79. The Bertz CT molecular complexity index is 792. The lowest BCUT2D eigenvalue weighted by Crippen LogP contribution is -2.41. The largest absolute Gasteiger partial charge is 0.392 e. The standard InChI is InChI=1S/C22H38N4O5S/c1-18(27)14-23-32(30,31)22-6-4-21(5-7-22)17-26-12-10-24(15-19(2)28)8-9-25(11-13-26)16-20(3)29/h4-7,19-20,23,28-29H,8-17H2,1-3H3/t19-,20-/m0/s1. The second-order valence-electron chi connectivity index (χ2n) is 8.75. The van der Waals surface area contributed by atoms with Gasteiger partial charge in [-0.25, -0.2) is 13.1 Å². The van der Waals surface area contributed by atoms with Gasteiger partial charge in [0.2, 0.25) is 10.0 Å². The highest BCUT2D eigenvalue weighted by Gasteiger charge is 2.19. The first-order chi connectivity index (χ1) is 15.0. The molecule has 9 nitrogen and oxygen atoms in total. The number of carbonyl (C=O) groups excluding carboxylic acids is 1. The number of ketones is 1. The maximum atomic E-state index is 12.3. The van der Waals surface area contributed by atoms with Crippen molar-refractivity contribution in [3.8, 4) is 0 Å². The van der Waals surface area contributed by atoms with Crippen LogP contribution in [-0.4, -0.2) is 110 Å². The quantitative estimate of drug-likeness (QED) is 0.429. The molecule has 0 unspecified atom stereocenters. The van der Waals surface area contributed by atoms with Crippen LogP contribution in [0.5, 0.6) is 0 Å². The number of β-amino-alcohol motifs (C(OH)–C–C–N with tert-alkyl or cyclic N) is 2. The van der Waals surface area contributed by atoms with Gasteiger partial charge in [0, 0.05) is 58.9 Å². The molecular formula is C22H38N4O5S. The lowest BCUT2D eigenvalue weighted by molar-refractivity contribution is -0.115. The van der Waals surface area contributed by atoms with Crippen LogP contribution in [0.15, 0.2) is 29.2 Å². The summed E-state index contributed by atoms with van der Waals surface area (Å²) in [5.74, 6) is -0.243. The first kappa shape index (κ1) is 26.8. The lowest BCUT2D eigenvalue weighted by atomic mass is 10.2. The smallest absolute Gasteiger partial charge is 0.240 e. The van der Waals surface area contributed by atoms with Gasteiger partial charge < -0.3 is 10.2 Å². The summed E-state index contributed by atoms with van der Waals surface area (Å²) in [6.07, 6.45) is -0.805. The van der Waals surface area contributed by atoms with E-state index in [1.165, 1.54) is 6.92 Å². The van der Waals surface area contributed by atoms with Crippen LogP contribution in [-0.2, 0) is 21.4 Å². The van der Waals surface area contributed by atoms with Gasteiger partial charge in [-0.2, -0.15) is 0 Å². The van der Waals surface area contributed by atoms with Gasteiger partial charge in [0.05, 0.1) is 23.6 Å². The number of rotatable bonds is 10. The molecule has 10 heteroatoms. The van der Waals surface area contributed by atoms with Gasteiger partial charge >= 0.3 is 0 Å². The monoisotopic (exact) mass is 470 g/mol. The molecule has 0 spiro atoms. The van der Waals surface area contributed by atoms with Gasteiger partial charge in [0.1, 0.15) is 5.78 Å². The average molecular weight is 471 g/mol. The zero-order chi connectivity index (χ0) is 23.7. The van der Waals surface area contributed by atoms with Crippen LogP contribution in [0.25, 0.3) is 0 Å². The van der Waals surface area contributed by atoms with Crippen molar-refractivity contribution in [1.29, 1.82) is 0 Å². The summed E-state index contributed by atoms with van der Waals surface area (Å²) >= 11 is 0. The van der Waals surface area contributed by atoms with Crippen LogP contribution in [0.3, 0.4) is 0 Å². The minimum Gasteiger partial charge on any atom is -0.392 e. The van der Waals surface area contributed by atoms with E-state index < -0.39 is 22.2 Å². The van der Waals surface area contributed by atoms with Gasteiger partial charge in [-0.3, -0.25) is 19.5 Å². The van der Waals surface area contributed by atoms with Crippen molar-refractivity contribution in [2.24, 2.45) is 0 Å². The Morgan fingerprint density at radius 3 is 1.75 bits per heavy atom. The molecule has 1 aliphatic heterocycles. The van der Waals surface area contributed by atoms with Crippen molar-refractivity contribution in [2.75, 3.05) is 58.9 Å². The zero-order valence-corrected chi connectivity index (χ0v) is 20.2. The Balaban J connectivity index is 2.05. The van der Waals surface area contributed by atoms with E-state index in [4.69, 9.17) is 0 Å². The highest BCUT2D eigenvalue weighted by atomic mass is 32.2. The number of sulfonamides is 1. The fourth-order valence-corrected chi connectivity index (χ4v) is 4.82. The van der Waals surface area contributed by atoms with Crippen LogP contribution in [0, 0.1) is 0 Å². The number of hydrogen-bond acceptors (Lipinski definition) is 8. The Morgan fingerprint density at radius 1 is 0.906 bits per heavy atom. The number of carbonyl (C=O) groups is 1. The third kappa shape index (κ3) is 9.62. The predicted octanol–water partition coefficient (Wildman–Crippen LogP) is -0.265.